The second kappa shape index (κ2) is 9.48. The first-order valence-electron chi connectivity index (χ1n) is 13.1. The number of rotatable bonds is 4. The Morgan fingerprint density at radius 2 is 1.32 bits per heavy atom. The molecule has 40 heavy (non-hydrogen) atoms. The van der Waals surface area contributed by atoms with E-state index in [1.165, 1.54) is 0 Å². The summed E-state index contributed by atoms with van der Waals surface area (Å²) in [5, 5.41) is 14.5. The molecule has 7 aromatic rings. The van der Waals surface area contributed by atoms with Crippen molar-refractivity contribution in [2.75, 3.05) is 4.90 Å². The van der Waals surface area contributed by atoms with E-state index >= 15 is 0 Å². The first-order valence-corrected chi connectivity index (χ1v) is 13.1. The predicted octanol–water partition coefficient (Wildman–Crippen LogP) is 9.83. The fourth-order valence-corrected chi connectivity index (χ4v) is 5.68. The van der Waals surface area contributed by atoms with Gasteiger partial charge in [-0.25, -0.2) is 4.85 Å². The Labute approximate surface area is 232 Å². The summed E-state index contributed by atoms with van der Waals surface area (Å²) < 4.78 is 2.15. The zero-order valence-electron chi connectivity index (χ0n) is 21.5. The van der Waals surface area contributed by atoms with Gasteiger partial charge in [0, 0.05) is 33.2 Å². The van der Waals surface area contributed by atoms with Gasteiger partial charge in [0.15, 0.2) is 0 Å². The standard InChI is InChI=1S/C36H22N4/c1-38-33-17-10-18-34(32(33)24-37)40-35-22-20-28(39(26-12-4-2-5-13-26)27-14-6-3-7-15-27)23-31(35)30-21-19-25-11-8-9-16-29(25)36(30)40/h2-23H. The van der Waals surface area contributed by atoms with E-state index in [0.29, 0.717) is 16.9 Å². The number of fused-ring (bicyclic) bond motifs is 5. The maximum Gasteiger partial charge on any atom is 0.206 e. The zero-order valence-corrected chi connectivity index (χ0v) is 21.5. The van der Waals surface area contributed by atoms with E-state index in [1.807, 2.05) is 36.4 Å². The molecule has 4 heteroatoms. The number of para-hydroxylation sites is 2. The molecule has 1 heterocycles. The molecule has 6 aromatic carbocycles. The smallest absolute Gasteiger partial charge is 0.206 e. The van der Waals surface area contributed by atoms with Crippen molar-refractivity contribution >= 4 is 55.3 Å². The van der Waals surface area contributed by atoms with E-state index < -0.39 is 0 Å². The lowest BCUT2D eigenvalue weighted by Crippen LogP contribution is -2.09. The molecule has 0 bridgehead atoms. The van der Waals surface area contributed by atoms with Crippen molar-refractivity contribution in [1.82, 2.24) is 4.57 Å². The first kappa shape index (κ1) is 23.3. The van der Waals surface area contributed by atoms with Gasteiger partial charge < -0.3 is 9.47 Å². The molecule has 0 fully saturated rings. The molecule has 0 unspecified atom stereocenters. The Bertz CT molecular complexity index is 2090. The zero-order chi connectivity index (χ0) is 27.1. The number of nitrogens with zero attached hydrogens (tertiary/aromatic N) is 4. The fraction of sp³-hybridized carbons (Fsp3) is 0. The fourth-order valence-electron chi connectivity index (χ4n) is 5.68. The van der Waals surface area contributed by atoms with Crippen LogP contribution < -0.4 is 4.90 Å². The normalized spacial score (nSPS) is 10.9. The summed E-state index contributed by atoms with van der Waals surface area (Å²) in [5.41, 5.74) is 6.62. The van der Waals surface area contributed by atoms with Crippen LogP contribution in [0.15, 0.2) is 133 Å². The molecule has 186 valence electrons. The molecule has 0 radical (unpaired) electrons. The number of benzene rings is 6. The largest absolute Gasteiger partial charge is 0.310 e. The SMILES string of the molecule is [C-]#[N+]c1cccc(-n2c3ccc(N(c4ccccc4)c4ccccc4)cc3c3ccc4ccccc4c32)c1C#N. The number of hydrogen-bond donors (Lipinski definition) is 0. The van der Waals surface area contributed by atoms with Crippen molar-refractivity contribution in [3.05, 3.63) is 150 Å². The Morgan fingerprint density at radius 3 is 2.02 bits per heavy atom. The molecule has 4 nitrogen and oxygen atoms in total. The molecule has 0 saturated heterocycles. The molecule has 0 amide bonds. The molecule has 0 aliphatic carbocycles. The van der Waals surface area contributed by atoms with E-state index in [1.54, 1.807) is 6.07 Å². The van der Waals surface area contributed by atoms with Crippen LogP contribution >= 0.6 is 0 Å². The van der Waals surface area contributed by atoms with Gasteiger partial charge in [0.25, 0.3) is 0 Å². The van der Waals surface area contributed by atoms with Gasteiger partial charge in [-0.3, -0.25) is 0 Å². The Hall–Kier alpha value is -5.84. The average molecular weight is 511 g/mol. The minimum Gasteiger partial charge on any atom is -0.310 e. The van der Waals surface area contributed by atoms with E-state index in [-0.39, 0.29) is 0 Å². The van der Waals surface area contributed by atoms with Crippen LogP contribution in [0.3, 0.4) is 0 Å². The third-order valence-electron chi connectivity index (χ3n) is 7.42. The lowest BCUT2D eigenvalue weighted by molar-refractivity contribution is 1.17. The average Bonchev–Trinajstić information content (AvgIpc) is 3.36. The summed E-state index contributed by atoms with van der Waals surface area (Å²) in [5.74, 6) is 0. The van der Waals surface area contributed by atoms with Crippen molar-refractivity contribution in [3.8, 4) is 11.8 Å². The Balaban J connectivity index is 1.59. The molecule has 0 spiro atoms. The Kier molecular flexibility index (Phi) is 5.52. The van der Waals surface area contributed by atoms with Crippen LogP contribution in [0.2, 0.25) is 0 Å². The van der Waals surface area contributed by atoms with Gasteiger partial charge in [0.1, 0.15) is 0 Å². The molecule has 0 aliphatic rings. The predicted molar refractivity (Wildman–Crippen MR) is 164 cm³/mol. The number of hydrogen-bond acceptors (Lipinski definition) is 2. The third kappa shape index (κ3) is 3.60. The highest BCUT2D eigenvalue weighted by atomic mass is 15.1. The minimum absolute atomic E-state index is 0.353. The van der Waals surface area contributed by atoms with Gasteiger partial charge in [-0.2, -0.15) is 5.26 Å². The molecular weight excluding hydrogens is 488 g/mol. The summed E-state index contributed by atoms with van der Waals surface area (Å²) >= 11 is 0. The van der Waals surface area contributed by atoms with E-state index in [0.717, 1.165) is 49.6 Å². The molecule has 0 aliphatic heterocycles. The van der Waals surface area contributed by atoms with E-state index in [4.69, 9.17) is 6.57 Å². The maximum atomic E-state index is 10.1. The van der Waals surface area contributed by atoms with Crippen molar-refractivity contribution < 1.29 is 0 Å². The highest BCUT2D eigenvalue weighted by molar-refractivity contribution is 6.19. The van der Waals surface area contributed by atoms with Gasteiger partial charge in [-0.15, -0.1) is 0 Å². The highest BCUT2D eigenvalue weighted by Crippen LogP contribution is 2.42. The maximum absolute atomic E-state index is 10.1. The summed E-state index contributed by atoms with van der Waals surface area (Å²) in [6.45, 7) is 7.67. The monoisotopic (exact) mass is 510 g/mol. The molecular formula is C36H22N4. The molecule has 1 aromatic heterocycles. The summed E-state index contributed by atoms with van der Waals surface area (Å²) in [6.07, 6.45) is 0. The third-order valence-corrected chi connectivity index (χ3v) is 7.42. The summed E-state index contributed by atoms with van der Waals surface area (Å²) in [7, 11) is 0. The van der Waals surface area contributed by atoms with E-state index in [2.05, 4.69) is 111 Å². The van der Waals surface area contributed by atoms with Crippen LogP contribution in [0, 0.1) is 17.9 Å². The number of aromatic nitrogens is 1. The number of anilines is 3. The topological polar surface area (TPSA) is 36.3 Å². The van der Waals surface area contributed by atoms with Gasteiger partial charge >= 0.3 is 0 Å². The minimum atomic E-state index is 0.353. The van der Waals surface area contributed by atoms with Crippen LogP contribution in [-0.2, 0) is 0 Å². The highest BCUT2D eigenvalue weighted by Gasteiger charge is 2.20. The van der Waals surface area contributed by atoms with Crippen LogP contribution in [0.25, 0.3) is 43.1 Å². The Morgan fingerprint density at radius 1 is 0.625 bits per heavy atom. The molecule has 0 saturated carbocycles. The quantitative estimate of drug-likeness (QED) is 0.221. The summed E-state index contributed by atoms with van der Waals surface area (Å²) in [4.78, 5) is 5.90. The second-order valence-corrected chi connectivity index (χ2v) is 9.62. The van der Waals surface area contributed by atoms with Gasteiger partial charge in [0.2, 0.25) is 5.69 Å². The molecule has 0 N–H and O–H groups in total. The van der Waals surface area contributed by atoms with Crippen LogP contribution in [-0.4, -0.2) is 4.57 Å². The second-order valence-electron chi connectivity index (χ2n) is 9.62. The van der Waals surface area contributed by atoms with Crippen molar-refractivity contribution in [2.45, 2.75) is 0 Å². The van der Waals surface area contributed by atoms with Crippen LogP contribution in [0.4, 0.5) is 22.7 Å². The lowest BCUT2D eigenvalue weighted by atomic mass is 10.0. The van der Waals surface area contributed by atoms with Crippen LogP contribution in [0.1, 0.15) is 5.56 Å². The van der Waals surface area contributed by atoms with Crippen LogP contribution in [0.5, 0.6) is 0 Å². The van der Waals surface area contributed by atoms with Gasteiger partial charge in [-0.1, -0.05) is 84.9 Å². The number of nitriles is 1. The van der Waals surface area contributed by atoms with Crippen molar-refractivity contribution in [2.24, 2.45) is 0 Å². The molecule has 7 rings (SSSR count). The van der Waals surface area contributed by atoms with E-state index in [9.17, 15) is 5.26 Å². The van der Waals surface area contributed by atoms with Crippen molar-refractivity contribution in [3.63, 3.8) is 0 Å². The van der Waals surface area contributed by atoms with Gasteiger partial charge in [0.05, 0.1) is 34.9 Å². The molecule has 0 atom stereocenters. The summed E-state index contributed by atoms with van der Waals surface area (Å²) in [6, 6.07) is 47.6. The first-order chi connectivity index (χ1) is 19.8. The lowest BCUT2D eigenvalue weighted by Gasteiger charge is -2.25. The van der Waals surface area contributed by atoms with Gasteiger partial charge in [-0.05, 0) is 53.9 Å². The van der Waals surface area contributed by atoms with Crippen molar-refractivity contribution in [1.29, 1.82) is 5.26 Å².